The summed E-state index contributed by atoms with van der Waals surface area (Å²) >= 11 is 3.44. The number of nitrogens with zero attached hydrogens (tertiary/aromatic N) is 2. The SMILES string of the molecule is CCCN1/C(=C/C=C(/C=C\c2sc3ccc(O)cc3[n+]2CCC)CCCO)Sc2ccc(O)cc21.[I-]. The fraction of sp³-hybridized carbons (Fsp3) is 0.321. The number of phenolic OH excluding ortho intramolecular Hbond substituents is 2. The van der Waals surface area contributed by atoms with E-state index < -0.39 is 0 Å². The lowest BCUT2D eigenvalue weighted by atomic mass is 10.1. The van der Waals surface area contributed by atoms with E-state index in [9.17, 15) is 15.3 Å². The molecular weight excluding hydrogens is 603 g/mol. The van der Waals surface area contributed by atoms with E-state index in [1.54, 1.807) is 35.2 Å². The minimum absolute atomic E-state index is 0. The minimum Gasteiger partial charge on any atom is -1.00 e. The molecule has 0 bridgehead atoms. The molecule has 0 saturated carbocycles. The molecule has 3 N–H and O–H groups in total. The van der Waals surface area contributed by atoms with Crippen molar-refractivity contribution in [3.8, 4) is 11.5 Å². The molecule has 36 heavy (non-hydrogen) atoms. The van der Waals surface area contributed by atoms with Gasteiger partial charge in [0.15, 0.2) is 0 Å². The standard InChI is InChI=1S/C28H32N2O3S2.HI/c1-3-15-29-23-18-21(32)9-11-25(23)34-27(29)13-7-20(6-5-17-31)8-14-28-30(16-4-2)24-19-22(33)10-12-26(24)35-28;/h7-14,18-19,31H,3-6,15-17H2,1-2H3,(H-,32,33);1H. The van der Waals surface area contributed by atoms with E-state index in [0.717, 1.165) is 68.8 Å². The van der Waals surface area contributed by atoms with E-state index in [1.807, 2.05) is 24.3 Å². The fourth-order valence-corrected chi connectivity index (χ4v) is 6.34. The number of fused-ring (bicyclic) bond motifs is 2. The van der Waals surface area contributed by atoms with E-state index in [1.165, 1.54) is 0 Å². The van der Waals surface area contributed by atoms with Gasteiger partial charge < -0.3 is 44.2 Å². The normalized spacial score (nSPS) is 14.7. The summed E-state index contributed by atoms with van der Waals surface area (Å²) in [5.74, 6) is 0.566. The molecule has 5 nitrogen and oxygen atoms in total. The van der Waals surface area contributed by atoms with Crippen molar-refractivity contribution in [3.63, 3.8) is 0 Å². The maximum absolute atomic E-state index is 9.98. The lowest BCUT2D eigenvalue weighted by Crippen LogP contribution is -3.00. The molecule has 1 aromatic heterocycles. The molecule has 1 aliphatic heterocycles. The monoisotopic (exact) mass is 636 g/mol. The molecule has 0 atom stereocenters. The van der Waals surface area contributed by atoms with Gasteiger partial charge in [-0.15, -0.1) is 0 Å². The zero-order valence-corrected chi connectivity index (χ0v) is 24.4. The first-order valence-corrected chi connectivity index (χ1v) is 13.8. The molecule has 8 heteroatoms. The number of allylic oxidation sites excluding steroid dienone is 4. The second-order valence-corrected chi connectivity index (χ2v) is 10.7. The smallest absolute Gasteiger partial charge is 0.262 e. The summed E-state index contributed by atoms with van der Waals surface area (Å²) < 4.78 is 3.41. The predicted molar refractivity (Wildman–Crippen MR) is 147 cm³/mol. The highest BCUT2D eigenvalue weighted by Gasteiger charge is 2.24. The zero-order chi connectivity index (χ0) is 24.8. The van der Waals surface area contributed by atoms with Gasteiger partial charge in [-0.2, -0.15) is 4.57 Å². The molecule has 3 aromatic rings. The Kier molecular flexibility index (Phi) is 10.7. The Hall–Kier alpha value is -2.01. The van der Waals surface area contributed by atoms with Crippen LogP contribution in [0.2, 0.25) is 0 Å². The molecule has 2 aromatic carbocycles. The average Bonchev–Trinajstić information content (AvgIpc) is 3.36. The Bertz CT molecular complexity index is 1280. The third-order valence-electron chi connectivity index (χ3n) is 5.83. The number of rotatable bonds is 10. The van der Waals surface area contributed by atoms with Crippen molar-refractivity contribution in [1.29, 1.82) is 0 Å². The van der Waals surface area contributed by atoms with Gasteiger partial charge >= 0.3 is 0 Å². The Balaban J connectivity index is 0.00000361. The number of anilines is 1. The number of hydrogen-bond acceptors (Lipinski definition) is 6. The summed E-state index contributed by atoms with van der Waals surface area (Å²) in [6, 6.07) is 11.1. The lowest BCUT2D eigenvalue weighted by Gasteiger charge is -2.19. The van der Waals surface area contributed by atoms with Crippen LogP contribution in [0.3, 0.4) is 0 Å². The van der Waals surface area contributed by atoms with Crippen molar-refractivity contribution in [1.82, 2.24) is 0 Å². The van der Waals surface area contributed by atoms with Gasteiger partial charge in [0.1, 0.15) is 22.7 Å². The summed E-state index contributed by atoms with van der Waals surface area (Å²) in [5.41, 5.74) is 3.25. The van der Waals surface area contributed by atoms with Crippen LogP contribution in [0.4, 0.5) is 5.69 Å². The van der Waals surface area contributed by atoms with Gasteiger partial charge in [-0.1, -0.05) is 49.1 Å². The Morgan fingerprint density at radius 1 is 1.06 bits per heavy atom. The number of thioether (sulfide) groups is 1. The van der Waals surface area contributed by atoms with Gasteiger partial charge in [0, 0.05) is 36.6 Å². The molecule has 0 radical (unpaired) electrons. The van der Waals surface area contributed by atoms with Gasteiger partial charge in [0.05, 0.1) is 16.8 Å². The highest BCUT2D eigenvalue weighted by Crippen LogP contribution is 2.47. The first kappa shape index (κ1) is 28.6. The molecule has 1 aliphatic rings. The van der Waals surface area contributed by atoms with Gasteiger partial charge in [0.25, 0.3) is 5.01 Å². The fourth-order valence-electron chi connectivity index (χ4n) is 4.20. The predicted octanol–water partition coefficient (Wildman–Crippen LogP) is 3.59. The van der Waals surface area contributed by atoms with Crippen LogP contribution in [-0.4, -0.2) is 28.5 Å². The van der Waals surface area contributed by atoms with E-state index in [4.69, 9.17) is 0 Å². The van der Waals surface area contributed by atoms with Crippen molar-refractivity contribution in [2.24, 2.45) is 0 Å². The first-order chi connectivity index (χ1) is 17.0. The van der Waals surface area contributed by atoms with Crippen LogP contribution < -0.4 is 33.4 Å². The maximum Gasteiger partial charge on any atom is 0.262 e. The summed E-state index contributed by atoms with van der Waals surface area (Å²) in [5, 5.41) is 31.7. The van der Waals surface area contributed by atoms with Crippen LogP contribution in [0, 0.1) is 0 Å². The van der Waals surface area contributed by atoms with Crippen LogP contribution >= 0.6 is 23.1 Å². The Morgan fingerprint density at radius 3 is 2.58 bits per heavy atom. The van der Waals surface area contributed by atoms with Gasteiger partial charge in [-0.25, -0.2) is 0 Å². The van der Waals surface area contributed by atoms with Crippen LogP contribution in [0.25, 0.3) is 16.3 Å². The second-order valence-electron chi connectivity index (χ2n) is 8.56. The van der Waals surface area contributed by atoms with Crippen molar-refractivity contribution in [3.05, 3.63) is 70.2 Å². The number of benzene rings is 2. The summed E-state index contributed by atoms with van der Waals surface area (Å²) in [4.78, 5) is 3.41. The minimum atomic E-state index is 0. The molecule has 0 amide bonds. The number of hydrogen-bond donors (Lipinski definition) is 3. The number of aliphatic hydroxyl groups is 1. The molecule has 0 spiro atoms. The summed E-state index contributed by atoms with van der Waals surface area (Å²) in [6.07, 6.45) is 12.1. The third kappa shape index (κ3) is 6.65. The van der Waals surface area contributed by atoms with Gasteiger partial charge in [-0.3, -0.25) is 0 Å². The maximum atomic E-state index is 9.98. The van der Waals surface area contributed by atoms with Gasteiger partial charge in [-0.05, 0) is 55.2 Å². The third-order valence-corrected chi connectivity index (χ3v) is 8.09. The molecule has 192 valence electrons. The molecule has 0 fully saturated rings. The number of aliphatic hydroxyl groups excluding tert-OH is 1. The van der Waals surface area contributed by atoms with Crippen molar-refractivity contribution < 1.29 is 43.9 Å². The number of aryl methyl sites for hydroxylation is 1. The van der Waals surface area contributed by atoms with Crippen LogP contribution in [0.5, 0.6) is 11.5 Å². The molecule has 4 rings (SSSR count). The van der Waals surface area contributed by atoms with Crippen molar-refractivity contribution >= 4 is 45.1 Å². The highest BCUT2D eigenvalue weighted by atomic mass is 127. The topological polar surface area (TPSA) is 67.8 Å². The summed E-state index contributed by atoms with van der Waals surface area (Å²) in [7, 11) is 0. The number of aromatic nitrogens is 1. The Labute approximate surface area is 238 Å². The van der Waals surface area contributed by atoms with Crippen LogP contribution in [-0.2, 0) is 6.54 Å². The summed E-state index contributed by atoms with van der Waals surface area (Å²) in [6.45, 7) is 6.24. The Morgan fingerprint density at radius 2 is 1.83 bits per heavy atom. The van der Waals surface area contributed by atoms with Crippen molar-refractivity contribution in [2.45, 2.75) is 51.0 Å². The number of thiazole rings is 1. The van der Waals surface area contributed by atoms with Crippen molar-refractivity contribution in [2.75, 3.05) is 18.1 Å². The van der Waals surface area contributed by atoms with Gasteiger partial charge in [0.2, 0.25) is 5.52 Å². The van der Waals surface area contributed by atoms with E-state index >= 15 is 0 Å². The largest absolute Gasteiger partial charge is 1.00 e. The second kappa shape index (κ2) is 13.5. The van der Waals surface area contributed by atoms with E-state index in [0.29, 0.717) is 6.42 Å². The number of aromatic hydroxyl groups is 2. The number of halogens is 1. The first-order valence-electron chi connectivity index (χ1n) is 12.2. The highest BCUT2D eigenvalue weighted by molar-refractivity contribution is 8.03. The van der Waals surface area contributed by atoms with Crippen LogP contribution in [0.1, 0.15) is 44.5 Å². The lowest BCUT2D eigenvalue weighted by molar-refractivity contribution is -0.668. The number of phenols is 2. The van der Waals surface area contributed by atoms with E-state index in [2.05, 4.69) is 47.6 Å². The molecule has 0 unspecified atom stereocenters. The quantitative estimate of drug-likeness (QED) is 0.181. The molecule has 2 heterocycles. The molecule has 0 saturated heterocycles. The molecule has 0 aliphatic carbocycles. The zero-order valence-electron chi connectivity index (χ0n) is 20.7. The van der Waals surface area contributed by atoms with E-state index in [-0.39, 0.29) is 42.1 Å². The average molecular weight is 637 g/mol. The molecular formula is C28H33IN2O3S2. The van der Waals surface area contributed by atoms with Crippen LogP contribution in [0.15, 0.2) is 70.1 Å².